The van der Waals surface area contributed by atoms with E-state index in [1.807, 2.05) is 11.4 Å². The van der Waals surface area contributed by atoms with Gasteiger partial charge in [-0.25, -0.2) is 0 Å². The Kier molecular flexibility index (Phi) is 4.49. The summed E-state index contributed by atoms with van der Waals surface area (Å²) in [5.74, 6) is 0.161. The van der Waals surface area contributed by atoms with Gasteiger partial charge in [0.25, 0.3) is 5.91 Å². The third-order valence-corrected chi connectivity index (χ3v) is 4.37. The zero-order chi connectivity index (χ0) is 15.6. The molecule has 5 nitrogen and oxygen atoms in total. The fourth-order valence-electron chi connectivity index (χ4n) is 2.09. The van der Waals surface area contributed by atoms with Crippen LogP contribution >= 0.6 is 11.3 Å². The lowest BCUT2D eigenvalue weighted by Gasteiger charge is -2.22. The van der Waals surface area contributed by atoms with E-state index < -0.39 is 5.60 Å². The quantitative estimate of drug-likeness (QED) is 0.890. The minimum Gasteiger partial charge on any atom is -0.383 e. The van der Waals surface area contributed by atoms with Crippen molar-refractivity contribution in [3.63, 3.8) is 0 Å². The number of nitrogens with zero attached hydrogens (tertiary/aromatic N) is 2. The number of hydrogen-bond donors (Lipinski definition) is 2. The Hall–Kier alpha value is -1.66. The van der Waals surface area contributed by atoms with E-state index >= 15 is 0 Å². The summed E-state index contributed by atoms with van der Waals surface area (Å²) in [5.41, 5.74) is 0.582. The molecule has 2 rings (SSSR count). The Morgan fingerprint density at radius 2 is 2.29 bits per heavy atom. The molecule has 0 bridgehead atoms. The molecular formula is C15H21N3O2S. The van der Waals surface area contributed by atoms with Crippen molar-refractivity contribution in [1.82, 2.24) is 15.1 Å². The first-order valence-electron chi connectivity index (χ1n) is 6.88. The van der Waals surface area contributed by atoms with Crippen LogP contribution in [0.3, 0.4) is 0 Å². The summed E-state index contributed by atoms with van der Waals surface area (Å²) < 4.78 is 1.63. The Bertz CT molecular complexity index is 628. The molecule has 0 fully saturated rings. The number of aryl methyl sites for hydroxylation is 1. The summed E-state index contributed by atoms with van der Waals surface area (Å²) >= 11 is 1.43. The van der Waals surface area contributed by atoms with Crippen LogP contribution in [0.4, 0.5) is 0 Å². The van der Waals surface area contributed by atoms with E-state index in [1.165, 1.54) is 11.3 Å². The average molecular weight is 307 g/mol. The van der Waals surface area contributed by atoms with E-state index in [9.17, 15) is 9.90 Å². The van der Waals surface area contributed by atoms with E-state index in [2.05, 4.69) is 24.3 Å². The van der Waals surface area contributed by atoms with Crippen LogP contribution in [0.5, 0.6) is 0 Å². The van der Waals surface area contributed by atoms with Crippen molar-refractivity contribution < 1.29 is 9.90 Å². The van der Waals surface area contributed by atoms with Crippen LogP contribution in [0.25, 0.3) is 0 Å². The van der Waals surface area contributed by atoms with E-state index in [0.29, 0.717) is 16.4 Å². The molecule has 0 radical (unpaired) electrons. The summed E-state index contributed by atoms with van der Waals surface area (Å²) in [4.78, 5) is 13.0. The SMILES string of the molecule is CC(C)c1ccsc1C(=O)NC[C@@](C)(O)c1cnn(C)c1. The second kappa shape index (κ2) is 5.99. The Morgan fingerprint density at radius 1 is 1.57 bits per heavy atom. The average Bonchev–Trinajstić information content (AvgIpc) is 3.04. The van der Waals surface area contributed by atoms with Gasteiger partial charge in [-0.3, -0.25) is 9.48 Å². The van der Waals surface area contributed by atoms with Gasteiger partial charge in [-0.15, -0.1) is 11.3 Å². The standard InChI is InChI=1S/C15H21N3O2S/c1-10(2)12-5-6-21-13(12)14(19)16-9-15(3,20)11-7-17-18(4)8-11/h5-8,10,20H,9H2,1-4H3,(H,16,19)/t15-/m1/s1. The zero-order valence-corrected chi connectivity index (χ0v) is 13.6. The number of thiophene rings is 1. The van der Waals surface area contributed by atoms with Gasteiger partial charge in [-0.1, -0.05) is 13.8 Å². The number of amides is 1. The van der Waals surface area contributed by atoms with Gasteiger partial charge < -0.3 is 10.4 Å². The van der Waals surface area contributed by atoms with E-state index in [0.717, 1.165) is 5.56 Å². The van der Waals surface area contributed by atoms with Crippen molar-refractivity contribution in [2.75, 3.05) is 6.54 Å². The van der Waals surface area contributed by atoms with Gasteiger partial charge in [-0.05, 0) is 29.9 Å². The van der Waals surface area contributed by atoms with Crippen LogP contribution in [0, 0.1) is 0 Å². The van der Waals surface area contributed by atoms with Gasteiger partial charge >= 0.3 is 0 Å². The maximum atomic E-state index is 12.3. The molecule has 2 heterocycles. The topological polar surface area (TPSA) is 67.2 Å². The van der Waals surface area contributed by atoms with Gasteiger partial charge in [-0.2, -0.15) is 5.10 Å². The van der Waals surface area contributed by atoms with E-state index in [-0.39, 0.29) is 12.5 Å². The molecule has 2 aromatic rings. The van der Waals surface area contributed by atoms with Crippen LogP contribution in [-0.4, -0.2) is 27.3 Å². The van der Waals surface area contributed by atoms with E-state index in [4.69, 9.17) is 0 Å². The lowest BCUT2D eigenvalue weighted by Crippen LogP contribution is -2.38. The largest absolute Gasteiger partial charge is 0.383 e. The van der Waals surface area contributed by atoms with Crippen LogP contribution in [0.15, 0.2) is 23.8 Å². The number of aliphatic hydroxyl groups is 1. The molecule has 2 aromatic heterocycles. The fourth-order valence-corrected chi connectivity index (χ4v) is 3.06. The van der Waals surface area contributed by atoms with Crippen molar-refractivity contribution in [2.45, 2.75) is 32.3 Å². The molecular weight excluding hydrogens is 286 g/mol. The highest BCUT2D eigenvalue weighted by atomic mass is 32.1. The molecule has 0 aliphatic rings. The van der Waals surface area contributed by atoms with Crippen molar-refractivity contribution in [3.8, 4) is 0 Å². The highest BCUT2D eigenvalue weighted by Gasteiger charge is 2.26. The molecule has 114 valence electrons. The number of aromatic nitrogens is 2. The fraction of sp³-hybridized carbons (Fsp3) is 0.467. The summed E-state index contributed by atoms with van der Waals surface area (Å²) in [6.45, 7) is 5.93. The molecule has 1 amide bonds. The van der Waals surface area contributed by atoms with Crippen molar-refractivity contribution in [3.05, 3.63) is 39.8 Å². The lowest BCUT2D eigenvalue weighted by molar-refractivity contribution is 0.0526. The minimum absolute atomic E-state index is 0.141. The molecule has 0 saturated heterocycles. The van der Waals surface area contributed by atoms with Crippen molar-refractivity contribution in [1.29, 1.82) is 0 Å². The Morgan fingerprint density at radius 3 is 2.86 bits per heavy atom. The second-order valence-electron chi connectivity index (χ2n) is 5.72. The van der Waals surface area contributed by atoms with Crippen molar-refractivity contribution in [2.24, 2.45) is 7.05 Å². The minimum atomic E-state index is -1.14. The number of carbonyl (C=O) groups is 1. The maximum absolute atomic E-state index is 12.3. The molecule has 0 saturated carbocycles. The summed E-state index contributed by atoms with van der Waals surface area (Å²) in [6, 6.07) is 1.98. The lowest BCUT2D eigenvalue weighted by atomic mass is 9.99. The Labute approximate surface area is 128 Å². The molecule has 0 aliphatic carbocycles. The molecule has 2 N–H and O–H groups in total. The predicted molar refractivity (Wildman–Crippen MR) is 83.5 cm³/mol. The summed E-state index contributed by atoms with van der Waals surface area (Å²) in [5, 5.41) is 19.2. The molecule has 0 unspecified atom stereocenters. The number of nitrogens with one attached hydrogen (secondary N) is 1. The molecule has 0 aliphatic heterocycles. The van der Waals surface area contributed by atoms with Gasteiger partial charge in [0.05, 0.1) is 17.6 Å². The van der Waals surface area contributed by atoms with Gasteiger partial charge in [0.2, 0.25) is 0 Å². The van der Waals surface area contributed by atoms with Crippen molar-refractivity contribution >= 4 is 17.2 Å². The third kappa shape index (κ3) is 3.51. The summed E-state index contributed by atoms with van der Waals surface area (Å²) in [7, 11) is 1.79. The maximum Gasteiger partial charge on any atom is 0.261 e. The smallest absolute Gasteiger partial charge is 0.261 e. The number of hydrogen-bond acceptors (Lipinski definition) is 4. The van der Waals surface area contributed by atoms with Gasteiger partial charge in [0, 0.05) is 18.8 Å². The first-order chi connectivity index (χ1) is 9.81. The van der Waals surface area contributed by atoms with Gasteiger partial charge in [0.1, 0.15) is 5.60 Å². The Balaban J connectivity index is 2.05. The first-order valence-corrected chi connectivity index (χ1v) is 7.76. The van der Waals surface area contributed by atoms with Crippen LogP contribution in [0.2, 0.25) is 0 Å². The molecule has 6 heteroatoms. The zero-order valence-electron chi connectivity index (χ0n) is 12.8. The van der Waals surface area contributed by atoms with E-state index in [1.54, 1.807) is 31.0 Å². The molecule has 1 atom stereocenters. The second-order valence-corrected chi connectivity index (χ2v) is 6.64. The van der Waals surface area contributed by atoms with Crippen LogP contribution in [-0.2, 0) is 12.6 Å². The monoisotopic (exact) mass is 307 g/mol. The molecule has 0 spiro atoms. The van der Waals surface area contributed by atoms with Crippen LogP contribution in [0.1, 0.15) is 47.5 Å². The molecule has 21 heavy (non-hydrogen) atoms. The normalized spacial score (nSPS) is 14.2. The molecule has 0 aromatic carbocycles. The van der Waals surface area contributed by atoms with Crippen LogP contribution < -0.4 is 5.32 Å². The summed E-state index contributed by atoms with van der Waals surface area (Å²) in [6.07, 6.45) is 3.35. The number of rotatable bonds is 5. The number of carbonyl (C=O) groups excluding carboxylic acids is 1. The predicted octanol–water partition coefficient (Wildman–Crippen LogP) is 2.24. The highest BCUT2D eigenvalue weighted by Crippen LogP contribution is 2.25. The van der Waals surface area contributed by atoms with Gasteiger partial charge in [0.15, 0.2) is 0 Å². The third-order valence-electron chi connectivity index (χ3n) is 3.44. The first kappa shape index (κ1) is 15.7. The highest BCUT2D eigenvalue weighted by molar-refractivity contribution is 7.12.